The lowest BCUT2D eigenvalue weighted by Gasteiger charge is -2.25. The SMILES string of the molecule is Cc1cc(C)cc(C2CCCN2CC(=O)Nc2cc(S(C)(=O)=O)ccc2Cl)c1. The fraction of sp³-hybridized carbons (Fsp3) is 0.381. The summed E-state index contributed by atoms with van der Waals surface area (Å²) in [6.07, 6.45) is 3.18. The number of hydrogen-bond donors (Lipinski definition) is 1. The van der Waals surface area contributed by atoms with Crippen molar-refractivity contribution in [1.82, 2.24) is 4.90 Å². The number of halogens is 1. The maximum absolute atomic E-state index is 12.6. The first-order valence-corrected chi connectivity index (χ1v) is 11.5. The van der Waals surface area contributed by atoms with E-state index in [2.05, 4.69) is 42.3 Å². The summed E-state index contributed by atoms with van der Waals surface area (Å²) in [4.78, 5) is 14.9. The van der Waals surface area contributed by atoms with Gasteiger partial charge in [0.25, 0.3) is 0 Å². The number of nitrogens with zero attached hydrogens (tertiary/aromatic N) is 1. The molecule has 0 radical (unpaired) electrons. The standard InChI is InChI=1S/C21H25ClN2O3S/c1-14-9-15(2)11-16(10-14)20-5-4-8-24(20)13-21(25)23-19-12-17(28(3,26)27)6-7-18(19)22/h6-7,9-12,20H,4-5,8,13H2,1-3H3,(H,23,25). The highest BCUT2D eigenvalue weighted by Crippen LogP contribution is 2.33. The zero-order valence-corrected chi connectivity index (χ0v) is 17.9. The minimum Gasteiger partial charge on any atom is -0.324 e. The number of likely N-dealkylation sites (tertiary alicyclic amines) is 1. The van der Waals surface area contributed by atoms with Crippen LogP contribution in [0.25, 0.3) is 0 Å². The van der Waals surface area contributed by atoms with Crippen LogP contribution >= 0.6 is 11.6 Å². The van der Waals surface area contributed by atoms with Gasteiger partial charge >= 0.3 is 0 Å². The summed E-state index contributed by atoms with van der Waals surface area (Å²) in [5.74, 6) is -0.205. The van der Waals surface area contributed by atoms with E-state index in [9.17, 15) is 13.2 Å². The number of carbonyl (C=O) groups excluding carboxylic acids is 1. The molecule has 0 aromatic heterocycles. The van der Waals surface area contributed by atoms with Gasteiger partial charge < -0.3 is 5.32 Å². The zero-order chi connectivity index (χ0) is 20.5. The van der Waals surface area contributed by atoms with Crippen molar-refractivity contribution in [3.63, 3.8) is 0 Å². The third-order valence-corrected chi connectivity index (χ3v) is 6.42. The minimum atomic E-state index is -3.37. The van der Waals surface area contributed by atoms with Gasteiger partial charge in [0.15, 0.2) is 9.84 Å². The molecule has 150 valence electrons. The number of nitrogens with one attached hydrogen (secondary N) is 1. The molecule has 1 unspecified atom stereocenters. The van der Waals surface area contributed by atoms with Gasteiger partial charge in [-0.3, -0.25) is 9.69 Å². The van der Waals surface area contributed by atoms with E-state index >= 15 is 0 Å². The number of carbonyl (C=O) groups is 1. The van der Waals surface area contributed by atoms with Gasteiger partial charge in [-0.2, -0.15) is 0 Å². The van der Waals surface area contributed by atoms with Gasteiger partial charge in [-0.1, -0.05) is 40.9 Å². The van der Waals surface area contributed by atoms with Gasteiger partial charge in [-0.15, -0.1) is 0 Å². The molecule has 1 atom stereocenters. The molecular formula is C21H25ClN2O3S. The first kappa shape index (κ1) is 20.8. The van der Waals surface area contributed by atoms with Crippen LogP contribution in [0.3, 0.4) is 0 Å². The molecule has 7 heteroatoms. The second-order valence-corrected chi connectivity index (χ2v) is 9.93. The normalized spacial score (nSPS) is 17.6. The van der Waals surface area contributed by atoms with Crippen molar-refractivity contribution in [3.8, 4) is 0 Å². The van der Waals surface area contributed by atoms with Crippen molar-refractivity contribution in [2.45, 2.75) is 37.6 Å². The fourth-order valence-electron chi connectivity index (χ4n) is 3.80. The largest absolute Gasteiger partial charge is 0.324 e. The van der Waals surface area contributed by atoms with Gasteiger partial charge in [-0.25, -0.2) is 8.42 Å². The van der Waals surface area contributed by atoms with Crippen molar-refractivity contribution in [2.24, 2.45) is 0 Å². The van der Waals surface area contributed by atoms with Crippen LogP contribution in [0.1, 0.15) is 35.6 Å². The molecule has 1 fully saturated rings. The first-order chi connectivity index (χ1) is 13.1. The van der Waals surface area contributed by atoms with Crippen molar-refractivity contribution in [1.29, 1.82) is 0 Å². The van der Waals surface area contributed by atoms with Crippen LogP contribution in [0.15, 0.2) is 41.3 Å². The monoisotopic (exact) mass is 420 g/mol. The molecule has 3 rings (SSSR count). The topological polar surface area (TPSA) is 66.5 Å². The predicted octanol–water partition coefficient (Wildman–Crippen LogP) is 4.14. The van der Waals surface area contributed by atoms with Gasteiger partial charge in [0.05, 0.1) is 22.2 Å². The first-order valence-electron chi connectivity index (χ1n) is 9.25. The molecule has 1 amide bonds. The Morgan fingerprint density at radius 2 is 1.86 bits per heavy atom. The van der Waals surface area contributed by atoms with Crippen molar-refractivity contribution < 1.29 is 13.2 Å². The van der Waals surface area contributed by atoms with Crippen molar-refractivity contribution in [2.75, 3.05) is 24.7 Å². The predicted molar refractivity (Wildman–Crippen MR) is 113 cm³/mol. The van der Waals surface area contributed by atoms with Crippen molar-refractivity contribution in [3.05, 3.63) is 58.1 Å². The van der Waals surface area contributed by atoms with Gasteiger partial charge in [0, 0.05) is 12.3 Å². The Hall–Kier alpha value is -1.89. The molecule has 1 heterocycles. The summed E-state index contributed by atoms with van der Waals surface area (Å²) in [7, 11) is -3.37. The lowest BCUT2D eigenvalue weighted by molar-refractivity contribution is -0.117. The summed E-state index contributed by atoms with van der Waals surface area (Å²) >= 11 is 6.14. The van der Waals surface area contributed by atoms with Crippen LogP contribution in [0, 0.1) is 13.8 Å². The average molecular weight is 421 g/mol. The zero-order valence-electron chi connectivity index (χ0n) is 16.3. The summed E-state index contributed by atoms with van der Waals surface area (Å²) in [6, 6.07) is 11.0. The quantitative estimate of drug-likeness (QED) is 0.789. The van der Waals surface area contributed by atoms with Crippen LogP contribution in [-0.4, -0.2) is 38.6 Å². The molecule has 1 aliphatic rings. The highest BCUT2D eigenvalue weighted by molar-refractivity contribution is 7.90. The third kappa shape index (κ3) is 4.93. The molecule has 28 heavy (non-hydrogen) atoms. The van der Waals surface area contributed by atoms with Crippen LogP contribution < -0.4 is 5.32 Å². The summed E-state index contributed by atoms with van der Waals surface area (Å²) < 4.78 is 23.5. The summed E-state index contributed by atoms with van der Waals surface area (Å²) in [5, 5.41) is 3.08. The Kier molecular flexibility index (Phi) is 6.12. The number of amides is 1. The lowest BCUT2D eigenvalue weighted by Crippen LogP contribution is -2.33. The van der Waals surface area contributed by atoms with E-state index < -0.39 is 9.84 Å². The number of aryl methyl sites for hydroxylation is 2. The number of rotatable bonds is 5. The van der Waals surface area contributed by atoms with Crippen LogP contribution in [0.5, 0.6) is 0 Å². The van der Waals surface area contributed by atoms with E-state index in [1.807, 2.05) is 0 Å². The number of benzene rings is 2. The Morgan fingerprint density at radius 3 is 2.50 bits per heavy atom. The van der Waals surface area contributed by atoms with Gasteiger partial charge in [0.1, 0.15) is 0 Å². The van der Waals surface area contributed by atoms with E-state index in [1.165, 1.54) is 34.9 Å². The fourth-order valence-corrected chi connectivity index (χ4v) is 4.61. The highest BCUT2D eigenvalue weighted by atomic mass is 35.5. The van der Waals surface area contributed by atoms with Crippen LogP contribution in [0.4, 0.5) is 5.69 Å². The molecule has 0 aliphatic carbocycles. The molecule has 1 aliphatic heterocycles. The Morgan fingerprint density at radius 1 is 1.18 bits per heavy atom. The van der Waals surface area contributed by atoms with E-state index in [1.54, 1.807) is 0 Å². The number of sulfone groups is 1. The molecule has 2 aromatic carbocycles. The number of hydrogen-bond acceptors (Lipinski definition) is 4. The molecule has 0 saturated carbocycles. The second kappa shape index (κ2) is 8.23. The Balaban J connectivity index is 1.74. The Bertz CT molecular complexity index is 984. The second-order valence-electron chi connectivity index (χ2n) is 7.51. The highest BCUT2D eigenvalue weighted by Gasteiger charge is 2.28. The molecule has 2 aromatic rings. The third-order valence-electron chi connectivity index (χ3n) is 4.98. The van der Waals surface area contributed by atoms with Crippen molar-refractivity contribution >= 4 is 33.0 Å². The van der Waals surface area contributed by atoms with E-state index in [4.69, 9.17) is 11.6 Å². The van der Waals surface area contributed by atoms with Crippen LogP contribution in [0.2, 0.25) is 5.02 Å². The molecule has 5 nitrogen and oxygen atoms in total. The van der Waals surface area contributed by atoms with E-state index in [0.717, 1.165) is 25.6 Å². The summed E-state index contributed by atoms with van der Waals surface area (Å²) in [5.41, 5.74) is 3.99. The summed E-state index contributed by atoms with van der Waals surface area (Å²) in [6.45, 7) is 5.25. The van der Waals surface area contributed by atoms with Gasteiger partial charge in [-0.05, 0) is 57.0 Å². The number of anilines is 1. The molecule has 0 bridgehead atoms. The maximum Gasteiger partial charge on any atom is 0.238 e. The average Bonchev–Trinajstić information content (AvgIpc) is 3.03. The molecule has 1 N–H and O–H groups in total. The minimum absolute atomic E-state index is 0.126. The molecule has 0 spiro atoms. The molecular weight excluding hydrogens is 396 g/mol. The smallest absolute Gasteiger partial charge is 0.238 e. The molecule has 1 saturated heterocycles. The van der Waals surface area contributed by atoms with E-state index in [0.29, 0.717) is 10.7 Å². The van der Waals surface area contributed by atoms with Crippen LogP contribution in [-0.2, 0) is 14.6 Å². The van der Waals surface area contributed by atoms with E-state index in [-0.39, 0.29) is 23.4 Å². The lowest BCUT2D eigenvalue weighted by atomic mass is 9.99. The maximum atomic E-state index is 12.6. The Labute approximate surface area is 171 Å². The van der Waals surface area contributed by atoms with Gasteiger partial charge in [0.2, 0.25) is 5.91 Å².